The van der Waals surface area contributed by atoms with Crippen molar-refractivity contribution < 1.29 is 4.21 Å². The van der Waals surface area contributed by atoms with Crippen molar-refractivity contribution in [1.29, 1.82) is 0 Å². The molecule has 1 aromatic carbocycles. The first-order valence-electron chi connectivity index (χ1n) is 7.12. The number of aryl methyl sites for hydroxylation is 1. The maximum Gasteiger partial charge on any atom is 0.254 e. The molecule has 0 bridgehead atoms. The molecule has 1 unspecified atom stereocenters. The monoisotopic (exact) mass is 349 g/mol. The molecule has 1 N–H and O–H groups in total. The van der Waals surface area contributed by atoms with Crippen LogP contribution in [0.1, 0.15) is 18.2 Å². The number of hydrogen-bond acceptors (Lipinski definition) is 5. The molecule has 0 spiro atoms. The molecule has 0 aliphatic rings. The predicted molar refractivity (Wildman–Crippen MR) is 92.7 cm³/mol. The Morgan fingerprint density at radius 1 is 1.35 bits per heavy atom. The minimum absolute atomic E-state index is 0.420. The van der Waals surface area contributed by atoms with E-state index >= 15 is 0 Å². The highest BCUT2D eigenvalue weighted by atomic mass is 35.5. The average Bonchev–Trinajstić information content (AvgIpc) is 2.98. The van der Waals surface area contributed by atoms with Crippen LogP contribution >= 0.6 is 11.6 Å². The van der Waals surface area contributed by atoms with E-state index in [0.717, 1.165) is 29.2 Å². The molecule has 1 atom stereocenters. The fourth-order valence-electron chi connectivity index (χ4n) is 2.26. The molecule has 0 amide bonds. The highest BCUT2D eigenvalue weighted by molar-refractivity contribution is 7.83. The van der Waals surface area contributed by atoms with E-state index in [9.17, 15) is 4.21 Å². The van der Waals surface area contributed by atoms with E-state index in [1.807, 2.05) is 25.1 Å². The lowest BCUT2D eigenvalue weighted by atomic mass is 10.2. The topological polar surface area (TPSA) is 72.2 Å². The second-order valence-corrected chi connectivity index (χ2v) is 6.95. The maximum atomic E-state index is 11.5. The number of anilines is 2. The molecule has 6 nitrogen and oxygen atoms in total. The number of nitrogens with one attached hydrogen (secondary N) is 1. The summed E-state index contributed by atoms with van der Waals surface area (Å²) >= 11 is 6.17. The lowest BCUT2D eigenvalue weighted by Gasteiger charge is -2.11. The van der Waals surface area contributed by atoms with E-state index in [0.29, 0.717) is 16.6 Å². The summed E-state index contributed by atoms with van der Waals surface area (Å²) in [5, 5.41) is 8.11. The maximum absolute atomic E-state index is 11.5. The molecule has 3 rings (SSSR count). The normalized spacial score (nSPS) is 12.5. The summed E-state index contributed by atoms with van der Waals surface area (Å²) < 4.78 is 13.1. The summed E-state index contributed by atoms with van der Waals surface area (Å²) in [4.78, 5) is 8.56. The lowest BCUT2D eigenvalue weighted by Crippen LogP contribution is -2.04. The third-order valence-corrected chi connectivity index (χ3v) is 4.43. The SMILES string of the molecule is CCc1cc(Nc2ccc(Cl)c(CS(C)=O)c2)n2ncnc2n1. The molecule has 0 radical (unpaired) electrons. The van der Waals surface area contributed by atoms with Crippen molar-refractivity contribution >= 4 is 39.7 Å². The van der Waals surface area contributed by atoms with Gasteiger partial charge in [0.1, 0.15) is 12.1 Å². The van der Waals surface area contributed by atoms with Gasteiger partial charge in [-0.15, -0.1) is 0 Å². The average molecular weight is 350 g/mol. The van der Waals surface area contributed by atoms with Gasteiger partial charge in [-0.3, -0.25) is 4.21 Å². The zero-order chi connectivity index (χ0) is 16.4. The Hall–Kier alpha value is -1.99. The number of hydrogen-bond donors (Lipinski definition) is 1. The molecule has 8 heteroatoms. The summed E-state index contributed by atoms with van der Waals surface area (Å²) in [6.07, 6.45) is 3.94. The Balaban J connectivity index is 1.98. The number of aromatic nitrogens is 4. The summed E-state index contributed by atoms with van der Waals surface area (Å²) in [5.74, 6) is 1.75. The minimum atomic E-state index is -0.952. The van der Waals surface area contributed by atoms with Gasteiger partial charge in [0.2, 0.25) is 0 Å². The van der Waals surface area contributed by atoms with Crippen LogP contribution < -0.4 is 5.32 Å². The molecule has 0 saturated heterocycles. The zero-order valence-electron chi connectivity index (χ0n) is 12.8. The standard InChI is InChI=1S/C15H16ClN5OS/c1-3-11-7-14(21-15(20-11)17-9-18-21)19-12-4-5-13(16)10(6-12)8-23(2)22/h4-7,9,19H,3,8H2,1-2H3. The van der Waals surface area contributed by atoms with Crippen LogP contribution in [0.5, 0.6) is 0 Å². The van der Waals surface area contributed by atoms with Gasteiger partial charge < -0.3 is 5.32 Å². The van der Waals surface area contributed by atoms with Gasteiger partial charge in [-0.25, -0.2) is 4.98 Å². The molecule has 0 aliphatic heterocycles. The van der Waals surface area contributed by atoms with E-state index in [1.165, 1.54) is 6.33 Å². The first-order chi connectivity index (χ1) is 11.1. The van der Waals surface area contributed by atoms with Crippen LogP contribution in [0.15, 0.2) is 30.6 Å². The van der Waals surface area contributed by atoms with Crippen molar-refractivity contribution in [2.45, 2.75) is 19.1 Å². The van der Waals surface area contributed by atoms with E-state index in [-0.39, 0.29) is 0 Å². The molecular formula is C15H16ClN5OS. The first-order valence-corrected chi connectivity index (χ1v) is 9.22. The van der Waals surface area contributed by atoms with Gasteiger partial charge >= 0.3 is 0 Å². The largest absolute Gasteiger partial charge is 0.340 e. The Labute approximate surface area is 141 Å². The van der Waals surface area contributed by atoms with E-state index in [4.69, 9.17) is 11.6 Å². The van der Waals surface area contributed by atoms with Gasteiger partial charge in [0, 0.05) is 45.3 Å². The van der Waals surface area contributed by atoms with Crippen molar-refractivity contribution in [3.05, 3.63) is 46.9 Å². The smallest absolute Gasteiger partial charge is 0.254 e. The Kier molecular flexibility index (Phi) is 4.58. The van der Waals surface area contributed by atoms with Gasteiger partial charge in [0.15, 0.2) is 0 Å². The van der Waals surface area contributed by atoms with E-state index in [2.05, 4.69) is 20.4 Å². The Morgan fingerprint density at radius 2 is 2.17 bits per heavy atom. The molecule has 23 heavy (non-hydrogen) atoms. The summed E-state index contributed by atoms with van der Waals surface area (Å²) in [5.41, 5.74) is 2.62. The van der Waals surface area contributed by atoms with Crippen molar-refractivity contribution in [3.8, 4) is 0 Å². The molecule has 3 aromatic rings. The number of benzene rings is 1. The number of halogens is 1. The van der Waals surface area contributed by atoms with Gasteiger partial charge in [0.25, 0.3) is 5.78 Å². The Morgan fingerprint density at radius 3 is 2.91 bits per heavy atom. The first kappa shape index (κ1) is 15.9. The quantitative estimate of drug-likeness (QED) is 0.766. The van der Waals surface area contributed by atoms with Crippen molar-refractivity contribution in [2.75, 3.05) is 11.6 Å². The van der Waals surface area contributed by atoms with Crippen LogP contribution in [-0.2, 0) is 23.0 Å². The van der Waals surface area contributed by atoms with Crippen LogP contribution in [0.25, 0.3) is 5.78 Å². The molecular weight excluding hydrogens is 334 g/mol. The van der Waals surface area contributed by atoms with Gasteiger partial charge in [0.05, 0.1) is 0 Å². The molecule has 2 aromatic heterocycles. The highest BCUT2D eigenvalue weighted by Gasteiger charge is 2.09. The number of rotatable bonds is 5. The predicted octanol–water partition coefficient (Wildman–Crippen LogP) is 2.96. The van der Waals surface area contributed by atoms with E-state index in [1.54, 1.807) is 16.8 Å². The minimum Gasteiger partial charge on any atom is -0.340 e. The molecule has 0 fully saturated rings. The summed E-state index contributed by atoms with van der Waals surface area (Å²) in [7, 11) is -0.952. The molecule has 2 heterocycles. The third-order valence-electron chi connectivity index (χ3n) is 3.34. The van der Waals surface area contributed by atoms with Crippen molar-refractivity contribution in [3.63, 3.8) is 0 Å². The van der Waals surface area contributed by atoms with Crippen LogP contribution in [0, 0.1) is 0 Å². The van der Waals surface area contributed by atoms with Crippen LogP contribution in [0.4, 0.5) is 11.5 Å². The van der Waals surface area contributed by atoms with Crippen LogP contribution in [0.2, 0.25) is 5.02 Å². The summed E-state index contributed by atoms with van der Waals surface area (Å²) in [6.45, 7) is 2.04. The molecule has 0 aliphatic carbocycles. The Bertz CT molecular complexity index is 879. The van der Waals surface area contributed by atoms with Crippen molar-refractivity contribution in [2.24, 2.45) is 0 Å². The van der Waals surface area contributed by atoms with Gasteiger partial charge in [-0.2, -0.15) is 14.6 Å². The summed E-state index contributed by atoms with van der Waals surface area (Å²) in [6, 6.07) is 7.51. The van der Waals surface area contributed by atoms with Gasteiger partial charge in [-0.05, 0) is 30.2 Å². The second-order valence-electron chi connectivity index (χ2n) is 5.11. The lowest BCUT2D eigenvalue weighted by molar-refractivity contribution is 0.686. The van der Waals surface area contributed by atoms with Crippen LogP contribution in [-0.4, -0.2) is 30.0 Å². The number of nitrogens with zero attached hydrogens (tertiary/aromatic N) is 4. The molecule has 120 valence electrons. The van der Waals surface area contributed by atoms with E-state index < -0.39 is 10.8 Å². The van der Waals surface area contributed by atoms with Gasteiger partial charge in [-0.1, -0.05) is 18.5 Å². The van der Waals surface area contributed by atoms with Crippen LogP contribution in [0.3, 0.4) is 0 Å². The zero-order valence-corrected chi connectivity index (χ0v) is 14.4. The fourth-order valence-corrected chi connectivity index (χ4v) is 3.20. The number of fused-ring (bicyclic) bond motifs is 1. The fraction of sp³-hybridized carbons (Fsp3) is 0.267. The van der Waals surface area contributed by atoms with Crippen molar-refractivity contribution in [1.82, 2.24) is 19.6 Å². The highest BCUT2D eigenvalue weighted by Crippen LogP contribution is 2.24. The third kappa shape index (κ3) is 3.51. The second kappa shape index (κ2) is 6.64. The molecule has 0 saturated carbocycles.